The van der Waals surface area contributed by atoms with Gasteiger partial charge in [0.05, 0.1) is 0 Å². The number of aryl methyl sites for hydroxylation is 1. The molecule has 0 unspecified atom stereocenters. The number of rotatable bonds is 5. The van der Waals surface area contributed by atoms with Crippen molar-refractivity contribution >= 4 is 23.2 Å². The van der Waals surface area contributed by atoms with E-state index in [1.807, 2.05) is 55.5 Å². The zero-order valence-electron chi connectivity index (χ0n) is 16.3. The highest BCUT2D eigenvalue weighted by molar-refractivity contribution is 6.02. The highest BCUT2D eigenvalue weighted by Crippen LogP contribution is 2.29. The van der Waals surface area contributed by atoms with Gasteiger partial charge in [0.25, 0.3) is 0 Å². The van der Waals surface area contributed by atoms with Gasteiger partial charge in [-0.05, 0) is 35.1 Å². The van der Waals surface area contributed by atoms with Gasteiger partial charge >= 0.3 is 0 Å². The van der Waals surface area contributed by atoms with Crippen LogP contribution < -0.4 is 10.2 Å². The molecule has 2 rings (SSSR count). The summed E-state index contributed by atoms with van der Waals surface area (Å²) >= 11 is 0. The third-order valence-corrected chi connectivity index (χ3v) is 4.35. The molecule has 4 nitrogen and oxygen atoms in total. The van der Waals surface area contributed by atoms with Crippen LogP contribution in [0.25, 0.3) is 0 Å². The van der Waals surface area contributed by atoms with Gasteiger partial charge in [0, 0.05) is 18.3 Å². The van der Waals surface area contributed by atoms with E-state index in [1.54, 1.807) is 0 Å². The molecule has 0 aromatic heterocycles. The summed E-state index contributed by atoms with van der Waals surface area (Å²) in [5.41, 5.74) is 3.61. The topological polar surface area (TPSA) is 49.4 Å². The van der Waals surface area contributed by atoms with E-state index >= 15 is 0 Å². The molecule has 0 aliphatic carbocycles. The molecular formula is C22H28N2O2. The molecule has 0 atom stereocenters. The van der Waals surface area contributed by atoms with Crippen molar-refractivity contribution < 1.29 is 9.59 Å². The summed E-state index contributed by atoms with van der Waals surface area (Å²) in [5.74, 6) is -0.354. The maximum absolute atomic E-state index is 12.7. The molecular weight excluding hydrogens is 324 g/mol. The summed E-state index contributed by atoms with van der Waals surface area (Å²) in [4.78, 5) is 26.4. The number of carbonyl (C=O) groups excluding carboxylic acids is 2. The molecule has 138 valence electrons. The van der Waals surface area contributed by atoms with Gasteiger partial charge in [-0.1, -0.05) is 64.1 Å². The lowest BCUT2D eigenvalue weighted by Crippen LogP contribution is -2.37. The predicted molar refractivity (Wildman–Crippen MR) is 108 cm³/mol. The predicted octanol–water partition coefficient (Wildman–Crippen LogP) is 4.54. The minimum absolute atomic E-state index is 0.00910. The monoisotopic (exact) mass is 352 g/mol. The molecule has 1 N–H and O–H groups in total. The number of anilines is 2. The first-order chi connectivity index (χ1) is 12.2. The maximum atomic E-state index is 12.7. The average molecular weight is 352 g/mol. The third-order valence-electron chi connectivity index (χ3n) is 4.35. The SMILES string of the molecule is CCc1ccccc1N(CC(=O)Nc1ccccc1C(C)(C)C)C(C)=O. The van der Waals surface area contributed by atoms with Crippen molar-refractivity contribution in [3.05, 3.63) is 59.7 Å². The number of carbonyl (C=O) groups is 2. The number of nitrogens with zero attached hydrogens (tertiary/aromatic N) is 1. The Kier molecular flexibility index (Phi) is 6.19. The Morgan fingerprint density at radius 3 is 2.23 bits per heavy atom. The number of amides is 2. The van der Waals surface area contributed by atoms with Crippen molar-refractivity contribution in [2.24, 2.45) is 0 Å². The van der Waals surface area contributed by atoms with E-state index in [9.17, 15) is 9.59 Å². The molecule has 2 aromatic carbocycles. The molecule has 2 amide bonds. The zero-order valence-corrected chi connectivity index (χ0v) is 16.3. The van der Waals surface area contributed by atoms with E-state index in [0.29, 0.717) is 0 Å². The molecule has 0 aliphatic rings. The molecule has 0 bridgehead atoms. The van der Waals surface area contributed by atoms with Crippen LogP contribution in [0, 0.1) is 0 Å². The first kappa shape index (κ1) is 19.7. The van der Waals surface area contributed by atoms with Crippen molar-refractivity contribution in [3.8, 4) is 0 Å². The van der Waals surface area contributed by atoms with Crippen LogP contribution in [0.1, 0.15) is 45.7 Å². The molecule has 0 radical (unpaired) electrons. The fraction of sp³-hybridized carbons (Fsp3) is 0.364. The Morgan fingerprint density at radius 2 is 1.62 bits per heavy atom. The van der Waals surface area contributed by atoms with E-state index in [2.05, 4.69) is 26.1 Å². The lowest BCUT2D eigenvalue weighted by Gasteiger charge is -2.25. The second kappa shape index (κ2) is 8.17. The molecule has 0 fully saturated rings. The Hall–Kier alpha value is -2.62. The van der Waals surface area contributed by atoms with Crippen LogP contribution in [0.15, 0.2) is 48.5 Å². The summed E-state index contributed by atoms with van der Waals surface area (Å²) < 4.78 is 0. The standard InChI is InChI=1S/C22H28N2O2/c1-6-17-11-7-10-14-20(17)24(16(2)25)15-21(26)23-19-13-9-8-12-18(19)22(3,4)5/h7-14H,6,15H2,1-5H3,(H,23,26). The summed E-state index contributed by atoms with van der Waals surface area (Å²) in [7, 11) is 0. The number of nitrogens with one attached hydrogen (secondary N) is 1. The van der Waals surface area contributed by atoms with Crippen LogP contribution >= 0.6 is 0 Å². The molecule has 0 spiro atoms. The number of benzene rings is 2. The first-order valence-electron chi connectivity index (χ1n) is 8.99. The zero-order chi connectivity index (χ0) is 19.3. The molecule has 0 saturated heterocycles. The first-order valence-corrected chi connectivity index (χ1v) is 8.99. The Bertz CT molecular complexity index is 791. The van der Waals surface area contributed by atoms with Gasteiger partial charge in [-0.2, -0.15) is 0 Å². The number of para-hydroxylation sites is 2. The number of hydrogen-bond acceptors (Lipinski definition) is 2. The van der Waals surface area contributed by atoms with Crippen LogP contribution in [0.4, 0.5) is 11.4 Å². The van der Waals surface area contributed by atoms with Crippen LogP contribution in [0.5, 0.6) is 0 Å². The van der Waals surface area contributed by atoms with Gasteiger partial charge in [-0.3, -0.25) is 9.59 Å². The minimum Gasteiger partial charge on any atom is -0.324 e. The third kappa shape index (κ3) is 4.72. The molecule has 0 aliphatic heterocycles. The molecule has 2 aromatic rings. The summed E-state index contributed by atoms with van der Waals surface area (Å²) in [5, 5.41) is 2.98. The maximum Gasteiger partial charge on any atom is 0.244 e. The van der Waals surface area contributed by atoms with Crippen molar-refractivity contribution in [1.29, 1.82) is 0 Å². The summed E-state index contributed by atoms with van der Waals surface area (Å²) in [6.45, 7) is 9.84. The smallest absolute Gasteiger partial charge is 0.244 e. The lowest BCUT2D eigenvalue weighted by molar-refractivity contribution is -0.120. The van der Waals surface area contributed by atoms with Crippen molar-refractivity contribution in [1.82, 2.24) is 0 Å². The van der Waals surface area contributed by atoms with Crippen molar-refractivity contribution in [2.45, 2.75) is 46.5 Å². The largest absolute Gasteiger partial charge is 0.324 e. The molecule has 4 heteroatoms. The fourth-order valence-corrected chi connectivity index (χ4v) is 3.02. The van der Waals surface area contributed by atoms with E-state index in [-0.39, 0.29) is 23.8 Å². The van der Waals surface area contributed by atoms with Gasteiger partial charge < -0.3 is 10.2 Å². The van der Waals surface area contributed by atoms with Gasteiger partial charge in [-0.15, -0.1) is 0 Å². The second-order valence-electron chi connectivity index (χ2n) is 7.43. The minimum atomic E-state index is -0.206. The highest BCUT2D eigenvalue weighted by Gasteiger charge is 2.21. The van der Waals surface area contributed by atoms with E-state index < -0.39 is 0 Å². The molecule has 26 heavy (non-hydrogen) atoms. The van der Waals surface area contributed by atoms with Gasteiger partial charge in [0.15, 0.2) is 0 Å². The summed E-state index contributed by atoms with van der Waals surface area (Å²) in [6, 6.07) is 15.5. The van der Waals surface area contributed by atoms with Crippen molar-refractivity contribution in [2.75, 3.05) is 16.8 Å². The van der Waals surface area contributed by atoms with Gasteiger partial charge in [-0.25, -0.2) is 0 Å². The Balaban J connectivity index is 2.24. The fourth-order valence-electron chi connectivity index (χ4n) is 3.02. The molecule has 0 heterocycles. The van der Waals surface area contributed by atoms with Gasteiger partial charge in [0.1, 0.15) is 6.54 Å². The Morgan fingerprint density at radius 1 is 1.00 bits per heavy atom. The van der Waals surface area contributed by atoms with E-state index in [0.717, 1.165) is 28.9 Å². The summed E-state index contributed by atoms with van der Waals surface area (Å²) in [6.07, 6.45) is 0.800. The highest BCUT2D eigenvalue weighted by atomic mass is 16.2. The van der Waals surface area contributed by atoms with Crippen molar-refractivity contribution in [3.63, 3.8) is 0 Å². The van der Waals surface area contributed by atoms with Crippen LogP contribution in [-0.4, -0.2) is 18.4 Å². The van der Waals surface area contributed by atoms with Gasteiger partial charge in [0.2, 0.25) is 11.8 Å². The quantitative estimate of drug-likeness (QED) is 0.859. The lowest BCUT2D eigenvalue weighted by atomic mass is 9.86. The van der Waals surface area contributed by atoms with Crippen LogP contribution in [-0.2, 0) is 21.4 Å². The van der Waals surface area contributed by atoms with E-state index in [4.69, 9.17) is 0 Å². The van der Waals surface area contributed by atoms with Crippen LogP contribution in [0.3, 0.4) is 0 Å². The van der Waals surface area contributed by atoms with Crippen LogP contribution in [0.2, 0.25) is 0 Å². The molecule has 0 saturated carbocycles. The second-order valence-corrected chi connectivity index (χ2v) is 7.43. The average Bonchev–Trinajstić information content (AvgIpc) is 2.59. The normalized spacial score (nSPS) is 11.1. The van der Waals surface area contributed by atoms with E-state index in [1.165, 1.54) is 11.8 Å². The Labute approximate surface area is 156 Å². The number of hydrogen-bond donors (Lipinski definition) is 1.